The minimum atomic E-state index is -0.331. The van der Waals surface area contributed by atoms with Crippen molar-refractivity contribution < 1.29 is 19.0 Å². The average molecular weight is 527 g/mol. The lowest BCUT2D eigenvalue weighted by atomic mass is 10.0. The minimum absolute atomic E-state index is 0.331. The highest BCUT2D eigenvalue weighted by atomic mass is 32.1. The number of carbonyl (C=O) groups is 1. The number of carbonyl (C=O) groups excluding carboxylic acids is 1. The smallest absolute Gasteiger partial charge is 0.337 e. The van der Waals surface area contributed by atoms with Gasteiger partial charge in [0.2, 0.25) is 0 Å². The van der Waals surface area contributed by atoms with Crippen LogP contribution in [0.15, 0.2) is 72.2 Å². The second-order valence-corrected chi connectivity index (χ2v) is 9.32. The lowest BCUT2D eigenvalue weighted by Gasteiger charge is -2.12. The number of thiazole rings is 1. The Bertz CT molecular complexity index is 1580. The van der Waals surface area contributed by atoms with E-state index in [4.69, 9.17) is 24.2 Å². The zero-order valence-corrected chi connectivity index (χ0v) is 22.0. The number of hydrogen-bond donors (Lipinski definition) is 1. The van der Waals surface area contributed by atoms with E-state index in [0.717, 1.165) is 34.5 Å². The van der Waals surface area contributed by atoms with Crippen LogP contribution in [0.2, 0.25) is 0 Å². The molecule has 2 heterocycles. The van der Waals surface area contributed by atoms with Crippen LogP contribution in [-0.2, 0) is 17.6 Å². The maximum atomic E-state index is 11.7. The number of nitrogens with zero attached hydrogens (tertiary/aromatic N) is 3. The van der Waals surface area contributed by atoms with Gasteiger partial charge in [0, 0.05) is 17.3 Å². The van der Waals surface area contributed by atoms with Gasteiger partial charge in [-0.3, -0.25) is 0 Å². The van der Waals surface area contributed by atoms with E-state index in [0.29, 0.717) is 34.2 Å². The second kappa shape index (κ2) is 11.3. The van der Waals surface area contributed by atoms with Crippen LogP contribution in [0.4, 0.5) is 11.5 Å². The number of anilines is 2. The van der Waals surface area contributed by atoms with Gasteiger partial charge in [0.25, 0.3) is 0 Å². The topological polar surface area (TPSA) is 95.5 Å². The first-order chi connectivity index (χ1) is 18.6. The van der Waals surface area contributed by atoms with E-state index in [1.165, 1.54) is 24.0 Å². The van der Waals surface area contributed by atoms with Gasteiger partial charge in [-0.1, -0.05) is 30.3 Å². The van der Waals surface area contributed by atoms with E-state index in [1.54, 1.807) is 31.9 Å². The van der Waals surface area contributed by atoms with Crippen molar-refractivity contribution in [1.82, 2.24) is 15.0 Å². The van der Waals surface area contributed by atoms with Crippen molar-refractivity contribution in [3.05, 3.63) is 88.9 Å². The number of ether oxygens (including phenoxy) is 3. The molecule has 0 bridgehead atoms. The van der Waals surface area contributed by atoms with E-state index in [2.05, 4.69) is 22.4 Å². The Labute approximate surface area is 224 Å². The van der Waals surface area contributed by atoms with Gasteiger partial charge in [-0.25, -0.2) is 19.7 Å². The van der Waals surface area contributed by atoms with Crippen molar-refractivity contribution in [3.63, 3.8) is 0 Å². The summed E-state index contributed by atoms with van der Waals surface area (Å²) in [5.74, 6) is 2.18. The van der Waals surface area contributed by atoms with Crippen molar-refractivity contribution in [2.24, 2.45) is 0 Å². The van der Waals surface area contributed by atoms with Gasteiger partial charge in [0.05, 0.1) is 32.4 Å². The van der Waals surface area contributed by atoms with Gasteiger partial charge in [0.1, 0.15) is 10.3 Å². The molecule has 1 N–H and O–H groups in total. The average Bonchev–Trinajstić information content (AvgIpc) is 3.45. The number of aryl methyl sites for hydroxylation is 2. The third-order valence-electron chi connectivity index (χ3n) is 6.11. The third kappa shape index (κ3) is 5.42. The van der Waals surface area contributed by atoms with Gasteiger partial charge in [-0.15, -0.1) is 11.3 Å². The molecule has 0 amide bonds. The van der Waals surface area contributed by atoms with Gasteiger partial charge >= 0.3 is 5.97 Å². The zero-order valence-electron chi connectivity index (χ0n) is 21.2. The first-order valence-corrected chi connectivity index (χ1v) is 12.8. The molecule has 0 saturated heterocycles. The number of methoxy groups -OCH3 is 3. The Morgan fingerprint density at radius 1 is 0.868 bits per heavy atom. The van der Waals surface area contributed by atoms with Crippen LogP contribution in [0.25, 0.3) is 21.7 Å². The summed E-state index contributed by atoms with van der Waals surface area (Å²) >= 11 is 1.47. The van der Waals surface area contributed by atoms with Crippen molar-refractivity contribution in [2.45, 2.75) is 12.8 Å². The Kier molecular flexibility index (Phi) is 7.46. The largest absolute Gasteiger partial charge is 0.493 e. The van der Waals surface area contributed by atoms with Crippen LogP contribution in [0.5, 0.6) is 11.5 Å². The van der Waals surface area contributed by atoms with E-state index in [-0.39, 0.29) is 5.97 Å². The molecule has 8 nitrogen and oxygen atoms in total. The van der Waals surface area contributed by atoms with Gasteiger partial charge in [0.15, 0.2) is 23.1 Å². The Morgan fingerprint density at radius 3 is 2.42 bits per heavy atom. The van der Waals surface area contributed by atoms with Crippen molar-refractivity contribution in [2.75, 3.05) is 26.6 Å². The summed E-state index contributed by atoms with van der Waals surface area (Å²) in [7, 11) is 4.59. The molecule has 0 saturated carbocycles. The summed E-state index contributed by atoms with van der Waals surface area (Å²) in [4.78, 5) is 26.6. The summed E-state index contributed by atoms with van der Waals surface area (Å²) in [6.07, 6.45) is 1.68. The molecule has 0 aliphatic rings. The number of aromatic nitrogens is 3. The monoisotopic (exact) mass is 526 g/mol. The molecular weight excluding hydrogens is 500 g/mol. The molecule has 0 aliphatic carbocycles. The molecule has 192 valence electrons. The Morgan fingerprint density at radius 2 is 1.66 bits per heavy atom. The summed E-state index contributed by atoms with van der Waals surface area (Å²) < 4.78 is 15.6. The minimum Gasteiger partial charge on any atom is -0.493 e. The van der Waals surface area contributed by atoms with Crippen molar-refractivity contribution in [3.8, 4) is 22.9 Å². The second-order valence-electron chi connectivity index (χ2n) is 8.49. The van der Waals surface area contributed by atoms with Crippen LogP contribution in [-0.4, -0.2) is 42.3 Å². The molecule has 38 heavy (non-hydrogen) atoms. The first kappa shape index (κ1) is 25.2. The summed E-state index contributed by atoms with van der Waals surface area (Å²) in [5, 5.41) is 3.37. The van der Waals surface area contributed by atoms with Gasteiger partial charge in [-0.2, -0.15) is 0 Å². The summed E-state index contributed by atoms with van der Waals surface area (Å²) in [6, 6.07) is 21.4. The lowest BCUT2D eigenvalue weighted by molar-refractivity contribution is 0.0600. The van der Waals surface area contributed by atoms with Gasteiger partial charge < -0.3 is 19.5 Å². The number of rotatable bonds is 9. The summed E-state index contributed by atoms with van der Waals surface area (Å²) in [5.41, 5.74) is 7.06. The fraction of sp³-hybridized carbons (Fsp3) is 0.172. The molecule has 5 aromatic rings. The SMILES string of the molecule is COC(=O)c1ccc(CCc2cccc(-c3nc(Nc4ccc(OC)c(OC)c4)c4ncsc4n3)c2)cc1. The van der Waals surface area contributed by atoms with Crippen LogP contribution in [0.1, 0.15) is 21.5 Å². The highest BCUT2D eigenvalue weighted by molar-refractivity contribution is 7.16. The third-order valence-corrected chi connectivity index (χ3v) is 6.83. The van der Waals surface area contributed by atoms with Crippen LogP contribution in [0, 0.1) is 0 Å². The van der Waals surface area contributed by atoms with E-state index < -0.39 is 0 Å². The summed E-state index contributed by atoms with van der Waals surface area (Å²) in [6.45, 7) is 0. The molecular formula is C29H26N4O4S. The molecule has 0 spiro atoms. The molecule has 0 unspecified atom stereocenters. The zero-order chi connectivity index (χ0) is 26.5. The quantitative estimate of drug-likeness (QED) is 0.231. The molecule has 3 aromatic carbocycles. The predicted molar refractivity (Wildman–Crippen MR) is 149 cm³/mol. The van der Waals surface area contributed by atoms with Crippen molar-refractivity contribution >= 4 is 39.2 Å². The normalized spacial score (nSPS) is 10.8. The number of nitrogens with one attached hydrogen (secondary N) is 1. The maximum absolute atomic E-state index is 11.7. The maximum Gasteiger partial charge on any atom is 0.337 e. The fourth-order valence-electron chi connectivity index (χ4n) is 4.11. The molecule has 2 aromatic heterocycles. The predicted octanol–water partition coefficient (Wildman–Crippen LogP) is 6.09. The molecule has 9 heteroatoms. The number of benzene rings is 3. The van der Waals surface area contributed by atoms with E-state index in [1.807, 2.05) is 42.5 Å². The highest BCUT2D eigenvalue weighted by Gasteiger charge is 2.14. The first-order valence-electron chi connectivity index (χ1n) is 11.9. The highest BCUT2D eigenvalue weighted by Crippen LogP contribution is 2.33. The number of fused-ring (bicyclic) bond motifs is 1. The van der Waals surface area contributed by atoms with Crippen LogP contribution in [0.3, 0.4) is 0 Å². The Balaban J connectivity index is 1.38. The van der Waals surface area contributed by atoms with E-state index in [9.17, 15) is 4.79 Å². The lowest BCUT2D eigenvalue weighted by Crippen LogP contribution is -2.01. The molecule has 5 rings (SSSR count). The van der Waals surface area contributed by atoms with Crippen LogP contribution >= 0.6 is 11.3 Å². The fourth-order valence-corrected chi connectivity index (χ4v) is 4.77. The standard InChI is InChI=1S/C29H26N4O4S/c1-35-23-14-13-22(16-24(23)36-2)31-27-25-28(38-17-30-25)33-26(32-27)21-6-4-5-19(15-21)8-7-18-9-11-20(12-10-18)29(34)37-3/h4-6,9-17H,7-8H2,1-3H3,(H,31,32,33). The molecule has 0 atom stereocenters. The van der Waals surface area contributed by atoms with Crippen molar-refractivity contribution in [1.29, 1.82) is 0 Å². The number of esters is 1. The number of hydrogen-bond acceptors (Lipinski definition) is 9. The molecule has 0 radical (unpaired) electrons. The van der Waals surface area contributed by atoms with Crippen LogP contribution < -0.4 is 14.8 Å². The Hall–Kier alpha value is -4.50. The van der Waals surface area contributed by atoms with E-state index >= 15 is 0 Å². The van der Waals surface area contributed by atoms with Gasteiger partial charge in [-0.05, 0) is 54.3 Å². The molecule has 0 fully saturated rings. The molecule has 0 aliphatic heterocycles.